The lowest BCUT2D eigenvalue weighted by Gasteiger charge is -2.32. The average molecular weight is 291 g/mol. The van der Waals surface area contributed by atoms with E-state index in [1.807, 2.05) is 18.0 Å². The first-order valence-corrected chi connectivity index (χ1v) is 6.99. The second-order valence-corrected chi connectivity index (χ2v) is 5.07. The lowest BCUT2D eigenvalue weighted by Crippen LogP contribution is -2.48. The number of carbonyl (C=O) groups excluding carboxylic acids is 2. The smallest absolute Gasteiger partial charge is 0.339 e. The molecular formula is C15H21N3O3. The molecule has 1 saturated heterocycles. The lowest BCUT2D eigenvalue weighted by atomic mass is 10.2. The molecule has 1 aromatic rings. The Hall–Kier alpha value is -2.08. The van der Waals surface area contributed by atoms with E-state index in [9.17, 15) is 9.59 Å². The monoisotopic (exact) mass is 291 g/mol. The minimum Gasteiger partial charge on any atom is -0.465 e. The molecule has 0 bridgehead atoms. The Balaban J connectivity index is 1.94. The van der Waals surface area contributed by atoms with Crippen LogP contribution in [0, 0.1) is 0 Å². The Morgan fingerprint density at radius 1 is 1.19 bits per heavy atom. The first-order valence-electron chi connectivity index (χ1n) is 6.99. The predicted molar refractivity (Wildman–Crippen MR) is 80.3 cm³/mol. The molecule has 2 rings (SSSR count). The van der Waals surface area contributed by atoms with Gasteiger partial charge >= 0.3 is 5.97 Å². The Labute approximate surface area is 124 Å². The van der Waals surface area contributed by atoms with Crippen LogP contribution in [0.5, 0.6) is 0 Å². The summed E-state index contributed by atoms with van der Waals surface area (Å²) in [6.45, 7) is 3.46. The molecule has 1 heterocycles. The third-order valence-electron chi connectivity index (χ3n) is 3.62. The molecule has 1 aliphatic rings. The van der Waals surface area contributed by atoms with Crippen LogP contribution >= 0.6 is 0 Å². The highest BCUT2D eigenvalue weighted by Gasteiger charge is 2.19. The third-order valence-corrected chi connectivity index (χ3v) is 3.62. The van der Waals surface area contributed by atoms with Crippen LogP contribution < -0.4 is 5.32 Å². The molecular weight excluding hydrogens is 270 g/mol. The van der Waals surface area contributed by atoms with Gasteiger partial charge in [0.15, 0.2) is 0 Å². The Kier molecular flexibility index (Phi) is 5.16. The van der Waals surface area contributed by atoms with Crippen LogP contribution in [0.25, 0.3) is 0 Å². The zero-order valence-electron chi connectivity index (χ0n) is 12.5. The van der Waals surface area contributed by atoms with Gasteiger partial charge in [0.25, 0.3) is 0 Å². The second kappa shape index (κ2) is 7.08. The topological polar surface area (TPSA) is 61.9 Å². The molecule has 1 amide bonds. The van der Waals surface area contributed by atoms with Crippen molar-refractivity contribution in [2.24, 2.45) is 0 Å². The molecule has 0 atom stereocenters. The number of rotatable bonds is 4. The van der Waals surface area contributed by atoms with Crippen molar-refractivity contribution in [3.8, 4) is 0 Å². The first kappa shape index (κ1) is 15.3. The standard InChI is InChI=1S/C15H21N3O3/c1-17-7-9-18(10-8-17)14(19)11-16-13-6-4-3-5-12(13)15(20)21-2/h3-6,16H,7-11H2,1-2H3. The van der Waals surface area contributed by atoms with Crippen LogP contribution in [-0.4, -0.2) is 68.6 Å². The summed E-state index contributed by atoms with van der Waals surface area (Å²) in [6.07, 6.45) is 0. The highest BCUT2D eigenvalue weighted by molar-refractivity contribution is 5.96. The molecule has 6 nitrogen and oxygen atoms in total. The predicted octanol–water partition coefficient (Wildman–Crippen LogP) is 0.659. The van der Waals surface area contributed by atoms with Crippen molar-refractivity contribution in [2.75, 3.05) is 52.2 Å². The van der Waals surface area contributed by atoms with E-state index < -0.39 is 5.97 Å². The maximum Gasteiger partial charge on any atom is 0.339 e. The van der Waals surface area contributed by atoms with Crippen molar-refractivity contribution >= 4 is 17.6 Å². The van der Waals surface area contributed by atoms with Gasteiger partial charge in [0.1, 0.15) is 0 Å². The molecule has 0 saturated carbocycles. The van der Waals surface area contributed by atoms with Crippen molar-refractivity contribution in [2.45, 2.75) is 0 Å². The third kappa shape index (κ3) is 3.95. The van der Waals surface area contributed by atoms with E-state index in [1.54, 1.807) is 18.2 Å². The van der Waals surface area contributed by atoms with Gasteiger partial charge in [0.2, 0.25) is 5.91 Å². The molecule has 6 heteroatoms. The van der Waals surface area contributed by atoms with E-state index in [-0.39, 0.29) is 12.5 Å². The van der Waals surface area contributed by atoms with Gasteiger partial charge in [-0.25, -0.2) is 4.79 Å². The molecule has 1 N–H and O–H groups in total. The maximum atomic E-state index is 12.2. The number of ether oxygens (including phenoxy) is 1. The van der Waals surface area contributed by atoms with Gasteiger partial charge in [-0.15, -0.1) is 0 Å². The van der Waals surface area contributed by atoms with Crippen molar-refractivity contribution in [3.05, 3.63) is 29.8 Å². The zero-order valence-corrected chi connectivity index (χ0v) is 12.5. The number of benzene rings is 1. The van der Waals surface area contributed by atoms with Gasteiger partial charge in [0.05, 0.1) is 19.2 Å². The minimum atomic E-state index is -0.412. The highest BCUT2D eigenvalue weighted by Crippen LogP contribution is 2.15. The van der Waals surface area contributed by atoms with Crippen molar-refractivity contribution in [1.29, 1.82) is 0 Å². The summed E-state index contributed by atoms with van der Waals surface area (Å²) in [5.74, 6) is -0.368. The summed E-state index contributed by atoms with van der Waals surface area (Å²) in [7, 11) is 3.39. The number of hydrogen-bond acceptors (Lipinski definition) is 5. The molecule has 0 aliphatic carbocycles. The van der Waals surface area contributed by atoms with Gasteiger partial charge in [-0.2, -0.15) is 0 Å². The van der Waals surface area contributed by atoms with Crippen LogP contribution in [0.15, 0.2) is 24.3 Å². The first-order chi connectivity index (χ1) is 10.1. The second-order valence-electron chi connectivity index (χ2n) is 5.07. The van der Waals surface area contributed by atoms with E-state index >= 15 is 0 Å². The number of methoxy groups -OCH3 is 1. The molecule has 0 spiro atoms. The summed E-state index contributed by atoms with van der Waals surface area (Å²) in [6, 6.07) is 7.02. The largest absolute Gasteiger partial charge is 0.465 e. The number of anilines is 1. The van der Waals surface area contributed by atoms with E-state index in [0.29, 0.717) is 11.3 Å². The number of nitrogens with zero attached hydrogens (tertiary/aromatic N) is 2. The molecule has 21 heavy (non-hydrogen) atoms. The average Bonchev–Trinajstić information content (AvgIpc) is 2.52. The lowest BCUT2D eigenvalue weighted by molar-refractivity contribution is -0.130. The van der Waals surface area contributed by atoms with E-state index in [4.69, 9.17) is 4.74 Å². The summed E-state index contributed by atoms with van der Waals surface area (Å²) in [5.41, 5.74) is 1.05. The Morgan fingerprint density at radius 2 is 1.86 bits per heavy atom. The fourth-order valence-electron chi connectivity index (χ4n) is 2.26. The number of amides is 1. The molecule has 0 radical (unpaired) electrons. The van der Waals surface area contributed by atoms with Crippen molar-refractivity contribution < 1.29 is 14.3 Å². The molecule has 0 aromatic heterocycles. The van der Waals surface area contributed by atoms with Gasteiger partial charge in [-0.1, -0.05) is 12.1 Å². The summed E-state index contributed by atoms with van der Waals surface area (Å²) >= 11 is 0. The molecule has 114 valence electrons. The minimum absolute atomic E-state index is 0.0442. The summed E-state index contributed by atoms with van der Waals surface area (Å²) < 4.78 is 4.73. The van der Waals surface area contributed by atoms with Crippen molar-refractivity contribution in [1.82, 2.24) is 9.80 Å². The molecule has 0 unspecified atom stereocenters. The fraction of sp³-hybridized carbons (Fsp3) is 0.467. The van der Waals surface area contributed by atoms with Gasteiger partial charge in [-0.3, -0.25) is 4.79 Å². The molecule has 1 aromatic carbocycles. The van der Waals surface area contributed by atoms with E-state index in [0.717, 1.165) is 26.2 Å². The van der Waals surface area contributed by atoms with Crippen molar-refractivity contribution in [3.63, 3.8) is 0 Å². The van der Waals surface area contributed by atoms with Gasteiger partial charge in [-0.05, 0) is 19.2 Å². The van der Waals surface area contributed by atoms with Gasteiger partial charge < -0.3 is 19.9 Å². The van der Waals surface area contributed by atoms with Crippen LogP contribution in [0.2, 0.25) is 0 Å². The van der Waals surface area contributed by atoms with Gasteiger partial charge in [0, 0.05) is 31.9 Å². The molecule has 1 fully saturated rings. The number of hydrogen-bond donors (Lipinski definition) is 1. The highest BCUT2D eigenvalue weighted by atomic mass is 16.5. The maximum absolute atomic E-state index is 12.2. The number of piperazine rings is 1. The fourth-order valence-corrected chi connectivity index (χ4v) is 2.26. The number of nitrogens with one attached hydrogen (secondary N) is 1. The Bertz CT molecular complexity index is 511. The number of likely N-dealkylation sites (N-methyl/N-ethyl adjacent to an activating group) is 1. The summed E-state index contributed by atoms with van der Waals surface area (Å²) in [5, 5.41) is 3.03. The van der Waals surface area contributed by atoms with E-state index in [2.05, 4.69) is 10.2 Å². The quantitative estimate of drug-likeness (QED) is 0.826. The van der Waals surface area contributed by atoms with Crippen LogP contribution in [0.3, 0.4) is 0 Å². The van der Waals surface area contributed by atoms with Crippen LogP contribution in [-0.2, 0) is 9.53 Å². The zero-order chi connectivity index (χ0) is 15.2. The Morgan fingerprint density at radius 3 is 2.52 bits per heavy atom. The van der Waals surface area contributed by atoms with E-state index in [1.165, 1.54) is 7.11 Å². The normalized spacial score (nSPS) is 15.6. The number of para-hydroxylation sites is 1. The number of carbonyl (C=O) groups is 2. The SMILES string of the molecule is COC(=O)c1ccccc1NCC(=O)N1CCN(C)CC1. The number of esters is 1. The van der Waals surface area contributed by atoms with Crippen LogP contribution in [0.4, 0.5) is 5.69 Å². The van der Waals surface area contributed by atoms with Crippen LogP contribution in [0.1, 0.15) is 10.4 Å². The molecule has 1 aliphatic heterocycles. The summed E-state index contributed by atoms with van der Waals surface area (Å²) in [4.78, 5) is 27.9.